The Kier molecular flexibility index (Phi) is 4.68. The third-order valence-corrected chi connectivity index (χ3v) is 3.49. The van der Waals surface area contributed by atoms with Gasteiger partial charge in [0.05, 0.1) is 10.4 Å². The molecule has 0 spiro atoms. The first-order valence-electron chi connectivity index (χ1n) is 5.41. The number of nitrogens with one attached hydrogen (secondary N) is 1. The summed E-state index contributed by atoms with van der Waals surface area (Å²) in [5, 5.41) is 11.5. The fourth-order valence-corrected chi connectivity index (χ4v) is 1.65. The number of carbonyl (C=O) groups is 2. The van der Waals surface area contributed by atoms with E-state index in [9.17, 15) is 9.59 Å². The molecule has 0 saturated carbocycles. The number of halogens is 1. The molecular formula is C12H13BrN2O3. The van der Waals surface area contributed by atoms with Gasteiger partial charge in [-0.3, -0.25) is 14.9 Å². The summed E-state index contributed by atoms with van der Waals surface area (Å²) >= 11 is 3.20. The highest BCUT2D eigenvalue weighted by molar-refractivity contribution is 9.10. The number of nitrogens with zero attached hydrogens (tertiary/aromatic N) is 1. The maximum Gasteiger partial charge on any atom is 0.240 e. The number of hydrogen-bond acceptors (Lipinski definition) is 4. The van der Waals surface area contributed by atoms with Gasteiger partial charge in [-0.2, -0.15) is 5.26 Å². The van der Waals surface area contributed by atoms with Gasteiger partial charge >= 0.3 is 0 Å². The maximum absolute atomic E-state index is 11.7. The third kappa shape index (κ3) is 2.79. The molecular weight excluding hydrogens is 300 g/mol. The predicted molar refractivity (Wildman–Crippen MR) is 69.8 cm³/mol. The minimum absolute atomic E-state index is 0.0306. The van der Waals surface area contributed by atoms with E-state index in [4.69, 9.17) is 9.68 Å². The normalized spacial score (nSPS) is 11.7. The summed E-state index contributed by atoms with van der Waals surface area (Å²) in [5.41, 5.74) is 0.291. The lowest BCUT2D eigenvalue weighted by Crippen LogP contribution is -2.22. The van der Waals surface area contributed by atoms with Gasteiger partial charge in [0.2, 0.25) is 11.8 Å². The van der Waals surface area contributed by atoms with Crippen LogP contribution in [0.5, 0.6) is 0 Å². The number of hydrogen-bond donors (Lipinski definition) is 1. The number of rotatable bonds is 4. The van der Waals surface area contributed by atoms with E-state index in [1.54, 1.807) is 6.92 Å². The monoisotopic (exact) mass is 312 g/mol. The van der Waals surface area contributed by atoms with E-state index in [2.05, 4.69) is 21.2 Å². The van der Waals surface area contributed by atoms with Crippen LogP contribution in [0.25, 0.3) is 0 Å². The van der Waals surface area contributed by atoms with Crippen molar-refractivity contribution in [3.63, 3.8) is 0 Å². The number of furan rings is 1. The van der Waals surface area contributed by atoms with E-state index < -0.39 is 0 Å². The molecule has 1 rings (SSSR count). The quantitative estimate of drug-likeness (QED) is 0.684. The Hall–Kier alpha value is -1.61. The van der Waals surface area contributed by atoms with Crippen molar-refractivity contribution in [1.82, 2.24) is 0 Å². The van der Waals surface area contributed by atoms with Crippen LogP contribution in [0.4, 0.5) is 5.88 Å². The molecule has 1 N–H and O–H groups in total. The minimum atomic E-state index is -0.366. The molecule has 6 heteroatoms. The number of aryl methyl sites for hydroxylation is 1. The number of carbonyl (C=O) groups excluding carboxylic acids is 2. The topological polar surface area (TPSA) is 83.1 Å². The van der Waals surface area contributed by atoms with Crippen molar-refractivity contribution in [2.24, 2.45) is 0 Å². The summed E-state index contributed by atoms with van der Waals surface area (Å²) in [6, 6.07) is 1.88. The molecule has 0 fully saturated rings. The van der Waals surface area contributed by atoms with Crippen LogP contribution >= 0.6 is 15.9 Å². The number of amides is 1. The lowest BCUT2D eigenvalue weighted by atomic mass is 10.1. The number of ketones is 1. The smallest absolute Gasteiger partial charge is 0.240 e. The highest BCUT2D eigenvalue weighted by Crippen LogP contribution is 2.27. The molecule has 1 aromatic heterocycles. The van der Waals surface area contributed by atoms with E-state index in [0.29, 0.717) is 12.2 Å². The number of alkyl halides is 1. The summed E-state index contributed by atoms with van der Waals surface area (Å²) in [6.45, 7) is 4.78. The lowest BCUT2D eigenvalue weighted by Gasteiger charge is -2.06. The van der Waals surface area contributed by atoms with Crippen LogP contribution in [0.2, 0.25) is 0 Å². The lowest BCUT2D eigenvalue weighted by molar-refractivity contribution is -0.115. The van der Waals surface area contributed by atoms with Crippen molar-refractivity contribution < 1.29 is 14.0 Å². The van der Waals surface area contributed by atoms with Gasteiger partial charge < -0.3 is 4.42 Å². The number of nitriles is 1. The minimum Gasteiger partial charge on any atom is -0.443 e. The summed E-state index contributed by atoms with van der Waals surface area (Å²) in [5.74, 6) is -0.211. The fraction of sp³-hybridized carbons (Fsp3) is 0.417. The van der Waals surface area contributed by atoms with Crippen LogP contribution < -0.4 is 5.32 Å². The molecule has 0 radical (unpaired) electrons. The molecule has 18 heavy (non-hydrogen) atoms. The Bertz CT molecular complexity index is 528. The van der Waals surface area contributed by atoms with Crippen LogP contribution in [0.3, 0.4) is 0 Å². The highest BCUT2D eigenvalue weighted by Gasteiger charge is 2.23. The zero-order valence-corrected chi connectivity index (χ0v) is 11.9. The highest BCUT2D eigenvalue weighted by atomic mass is 79.9. The van der Waals surface area contributed by atoms with E-state index in [0.717, 1.165) is 0 Å². The Morgan fingerprint density at radius 2 is 2.17 bits per heavy atom. The summed E-state index contributed by atoms with van der Waals surface area (Å²) in [7, 11) is 0. The van der Waals surface area contributed by atoms with E-state index in [1.165, 1.54) is 6.92 Å². The molecule has 1 unspecified atom stereocenters. The summed E-state index contributed by atoms with van der Waals surface area (Å²) < 4.78 is 5.27. The summed E-state index contributed by atoms with van der Waals surface area (Å²) in [6.07, 6.45) is 0.604. The van der Waals surface area contributed by atoms with Crippen LogP contribution in [-0.4, -0.2) is 16.5 Å². The fourth-order valence-electron chi connectivity index (χ4n) is 1.54. The van der Waals surface area contributed by atoms with Gasteiger partial charge in [-0.25, -0.2) is 0 Å². The van der Waals surface area contributed by atoms with Gasteiger partial charge in [0, 0.05) is 0 Å². The van der Waals surface area contributed by atoms with Crippen molar-refractivity contribution in [2.45, 2.75) is 32.0 Å². The largest absolute Gasteiger partial charge is 0.443 e. The molecule has 1 amide bonds. The van der Waals surface area contributed by atoms with Crippen molar-refractivity contribution in [3.05, 3.63) is 16.9 Å². The van der Waals surface area contributed by atoms with Crippen LogP contribution in [0.1, 0.15) is 41.9 Å². The summed E-state index contributed by atoms with van der Waals surface area (Å²) in [4.78, 5) is 22.7. The van der Waals surface area contributed by atoms with Gasteiger partial charge in [-0.05, 0) is 20.3 Å². The van der Waals surface area contributed by atoms with E-state index in [1.807, 2.05) is 13.0 Å². The molecule has 0 saturated heterocycles. The van der Waals surface area contributed by atoms with Gasteiger partial charge in [0.1, 0.15) is 17.4 Å². The van der Waals surface area contributed by atoms with Crippen molar-refractivity contribution in [3.8, 4) is 6.07 Å². The van der Waals surface area contributed by atoms with Crippen molar-refractivity contribution in [2.75, 3.05) is 5.32 Å². The molecule has 0 aliphatic carbocycles. The van der Waals surface area contributed by atoms with Gasteiger partial charge in [-0.1, -0.05) is 22.9 Å². The zero-order valence-electron chi connectivity index (χ0n) is 10.3. The second-order valence-corrected chi connectivity index (χ2v) is 4.88. The first-order chi connectivity index (χ1) is 8.42. The zero-order chi connectivity index (χ0) is 13.9. The standard InChI is InChI=1S/C12H13BrN2O3/c1-4-9(13)11(17)15-12-8(5-14)10(6(2)16)7(3)18-12/h9H,4H2,1-3H3,(H,15,17). The van der Waals surface area contributed by atoms with Crippen LogP contribution in [0, 0.1) is 18.3 Å². The molecule has 0 aliphatic rings. The van der Waals surface area contributed by atoms with Crippen molar-refractivity contribution in [1.29, 1.82) is 5.26 Å². The third-order valence-electron chi connectivity index (χ3n) is 2.43. The molecule has 0 bridgehead atoms. The number of anilines is 1. The van der Waals surface area contributed by atoms with Gasteiger partial charge in [0.25, 0.3) is 0 Å². The first kappa shape index (κ1) is 14.5. The second-order valence-electron chi connectivity index (χ2n) is 3.77. The molecule has 0 aliphatic heterocycles. The Labute approximate surface area is 113 Å². The Morgan fingerprint density at radius 3 is 2.61 bits per heavy atom. The predicted octanol–water partition coefficient (Wildman–Crippen LogP) is 2.77. The molecule has 5 nitrogen and oxygen atoms in total. The first-order valence-corrected chi connectivity index (χ1v) is 6.33. The van der Waals surface area contributed by atoms with E-state index in [-0.39, 0.29) is 33.5 Å². The molecule has 1 heterocycles. The molecule has 1 aromatic rings. The molecule has 96 valence electrons. The maximum atomic E-state index is 11.7. The van der Waals surface area contributed by atoms with Crippen LogP contribution in [-0.2, 0) is 4.79 Å². The van der Waals surface area contributed by atoms with Gasteiger partial charge in [0.15, 0.2) is 5.78 Å². The average Bonchev–Trinajstić information content (AvgIpc) is 2.63. The molecule has 0 aromatic carbocycles. The Balaban J connectivity index is 3.12. The van der Waals surface area contributed by atoms with E-state index >= 15 is 0 Å². The average molecular weight is 313 g/mol. The second kappa shape index (κ2) is 5.83. The molecule has 1 atom stereocenters. The Morgan fingerprint density at radius 1 is 1.56 bits per heavy atom. The SMILES string of the molecule is CCC(Br)C(=O)Nc1oc(C)c(C(C)=O)c1C#N. The van der Waals surface area contributed by atoms with Crippen LogP contribution in [0.15, 0.2) is 4.42 Å². The number of Topliss-reactive ketones (excluding diaryl/α,β-unsaturated/α-hetero) is 1. The van der Waals surface area contributed by atoms with Crippen molar-refractivity contribution >= 4 is 33.5 Å². The van der Waals surface area contributed by atoms with Gasteiger partial charge in [-0.15, -0.1) is 0 Å².